The molecule has 7 nitrogen and oxygen atoms in total. The third-order valence-corrected chi connectivity index (χ3v) is 4.24. The summed E-state index contributed by atoms with van der Waals surface area (Å²) in [7, 11) is 1.58. The van der Waals surface area contributed by atoms with Gasteiger partial charge in [0.05, 0.1) is 6.54 Å². The number of carbonyl (C=O) groups is 2. The predicted molar refractivity (Wildman–Crippen MR) is 79.8 cm³/mol. The molecule has 0 aromatic heterocycles. The Hall–Kier alpha value is -1.79. The van der Waals surface area contributed by atoms with Crippen LogP contribution < -0.4 is 5.73 Å². The van der Waals surface area contributed by atoms with Crippen molar-refractivity contribution in [2.24, 2.45) is 22.2 Å². The van der Waals surface area contributed by atoms with Crippen molar-refractivity contribution in [2.75, 3.05) is 26.7 Å². The van der Waals surface area contributed by atoms with Crippen molar-refractivity contribution in [2.45, 2.75) is 33.6 Å². The van der Waals surface area contributed by atoms with Crippen molar-refractivity contribution in [3.05, 3.63) is 0 Å². The fourth-order valence-corrected chi connectivity index (χ4v) is 3.04. The molecule has 0 heterocycles. The number of rotatable bonds is 6. The molecule has 0 aromatic carbocycles. The molecule has 3 N–H and O–H groups in total. The van der Waals surface area contributed by atoms with E-state index in [9.17, 15) is 9.59 Å². The Bertz CT molecular complexity index is 426. The summed E-state index contributed by atoms with van der Waals surface area (Å²) in [5, 5.41) is 11.9. The maximum Gasteiger partial charge on any atom is 0.242 e. The molecular weight excluding hydrogens is 272 g/mol. The second-order valence-corrected chi connectivity index (χ2v) is 5.81. The van der Waals surface area contributed by atoms with Crippen molar-refractivity contribution in [3.63, 3.8) is 0 Å². The number of carbonyl (C=O) groups excluding carboxylic acids is 2. The van der Waals surface area contributed by atoms with Gasteiger partial charge in [0.25, 0.3) is 0 Å². The molecule has 120 valence electrons. The van der Waals surface area contributed by atoms with Crippen LogP contribution in [0.4, 0.5) is 0 Å². The molecule has 0 spiro atoms. The molecule has 21 heavy (non-hydrogen) atoms. The van der Waals surface area contributed by atoms with Gasteiger partial charge < -0.3 is 20.7 Å². The highest BCUT2D eigenvalue weighted by Crippen LogP contribution is 2.46. The first-order valence-electron chi connectivity index (χ1n) is 7.33. The van der Waals surface area contributed by atoms with Gasteiger partial charge in [0.1, 0.15) is 5.41 Å². The van der Waals surface area contributed by atoms with E-state index in [0.717, 1.165) is 0 Å². The zero-order valence-corrected chi connectivity index (χ0v) is 13.3. The van der Waals surface area contributed by atoms with Crippen LogP contribution in [0.25, 0.3) is 0 Å². The predicted octanol–water partition coefficient (Wildman–Crippen LogP) is 0.476. The van der Waals surface area contributed by atoms with Gasteiger partial charge in [0.15, 0.2) is 5.84 Å². The number of hydrogen-bond acceptors (Lipinski definition) is 4. The van der Waals surface area contributed by atoms with E-state index in [2.05, 4.69) is 5.16 Å². The van der Waals surface area contributed by atoms with E-state index in [1.165, 1.54) is 4.90 Å². The first-order chi connectivity index (χ1) is 9.82. The van der Waals surface area contributed by atoms with Gasteiger partial charge in [-0.25, -0.2) is 0 Å². The van der Waals surface area contributed by atoms with Gasteiger partial charge in [-0.05, 0) is 32.6 Å². The third-order valence-electron chi connectivity index (χ3n) is 4.24. The molecule has 0 unspecified atom stereocenters. The lowest BCUT2D eigenvalue weighted by Gasteiger charge is -2.45. The Balaban J connectivity index is 2.79. The molecule has 0 aliphatic heterocycles. The molecule has 1 aliphatic rings. The molecule has 0 bridgehead atoms. The Labute approximate surface area is 125 Å². The number of nitrogens with zero attached hydrogens (tertiary/aromatic N) is 3. The monoisotopic (exact) mass is 298 g/mol. The zero-order valence-electron chi connectivity index (χ0n) is 13.3. The zero-order chi connectivity index (χ0) is 16.2. The van der Waals surface area contributed by atoms with Gasteiger partial charge in [-0.1, -0.05) is 12.1 Å². The molecule has 0 saturated heterocycles. The number of oxime groups is 1. The van der Waals surface area contributed by atoms with Crippen molar-refractivity contribution in [1.82, 2.24) is 9.80 Å². The van der Waals surface area contributed by atoms with E-state index >= 15 is 0 Å². The van der Waals surface area contributed by atoms with Gasteiger partial charge in [0, 0.05) is 20.1 Å². The lowest BCUT2D eigenvalue weighted by Crippen LogP contribution is -2.58. The third kappa shape index (κ3) is 3.28. The average molecular weight is 298 g/mol. The second kappa shape index (κ2) is 6.78. The minimum Gasteiger partial charge on any atom is -0.409 e. The van der Waals surface area contributed by atoms with Crippen molar-refractivity contribution in [3.8, 4) is 0 Å². The average Bonchev–Trinajstić information content (AvgIpc) is 2.43. The number of nitrogens with two attached hydrogens (primary N) is 1. The van der Waals surface area contributed by atoms with E-state index in [-0.39, 0.29) is 24.2 Å². The van der Waals surface area contributed by atoms with Crippen LogP contribution >= 0.6 is 0 Å². The fourth-order valence-electron chi connectivity index (χ4n) is 3.04. The SMILES string of the molecule is CCN(CC)C(=O)CN(C)C(=O)C1(C(N)=NO)CC(C)C1. The van der Waals surface area contributed by atoms with Crippen LogP contribution in [-0.4, -0.2) is 59.3 Å². The summed E-state index contributed by atoms with van der Waals surface area (Å²) in [6.07, 6.45) is 1.09. The second-order valence-electron chi connectivity index (χ2n) is 5.81. The van der Waals surface area contributed by atoms with Gasteiger partial charge >= 0.3 is 0 Å². The Morgan fingerprint density at radius 1 is 1.33 bits per heavy atom. The lowest BCUT2D eigenvalue weighted by molar-refractivity contribution is -0.147. The normalized spacial score (nSPS) is 25.1. The van der Waals surface area contributed by atoms with Gasteiger partial charge in [0.2, 0.25) is 11.8 Å². The highest BCUT2D eigenvalue weighted by molar-refractivity contribution is 6.08. The van der Waals surface area contributed by atoms with Gasteiger partial charge in [-0.15, -0.1) is 0 Å². The molecule has 1 rings (SSSR count). The number of hydrogen-bond donors (Lipinski definition) is 2. The van der Waals surface area contributed by atoms with E-state index in [1.54, 1.807) is 11.9 Å². The standard InChI is InChI=1S/C14H26N4O3/c1-5-18(6-2)11(19)9-17(4)13(20)14(12(15)16-21)7-10(3)8-14/h10,21H,5-9H2,1-4H3,(H2,15,16). The highest BCUT2D eigenvalue weighted by Gasteiger charge is 2.53. The van der Waals surface area contributed by atoms with Crippen LogP contribution in [0.3, 0.4) is 0 Å². The van der Waals surface area contributed by atoms with Gasteiger partial charge in [-0.3, -0.25) is 9.59 Å². The maximum atomic E-state index is 12.6. The van der Waals surface area contributed by atoms with Crippen LogP contribution in [0.2, 0.25) is 0 Å². The quantitative estimate of drug-likeness (QED) is 0.322. The maximum absolute atomic E-state index is 12.6. The van der Waals surface area contributed by atoms with E-state index in [4.69, 9.17) is 10.9 Å². The molecule has 0 radical (unpaired) electrons. The van der Waals surface area contributed by atoms with Crippen LogP contribution in [0.5, 0.6) is 0 Å². The molecule has 1 saturated carbocycles. The first-order valence-corrected chi connectivity index (χ1v) is 7.33. The molecule has 0 aromatic rings. The van der Waals surface area contributed by atoms with Crippen molar-refractivity contribution in [1.29, 1.82) is 0 Å². The topological polar surface area (TPSA) is 99.2 Å². The summed E-state index contributed by atoms with van der Waals surface area (Å²) in [5.41, 5.74) is 4.76. The van der Waals surface area contributed by atoms with E-state index < -0.39 is 5.41 Å². The van der Waals surface area contributed by atoms with Crippen LogP contribution in [0, 0.1) is 11.3 Å². The largest absolute Gasteiger partial charge is 0.409 e. The highest BCUT2D eigenvalue weighted by atomic mass is 16.4. The van der Waals surface area contributed by atoms with Gasteiger partial charge in [-0.2, -0.15) is 0 Å². The Morgan fingerprint density at radius 2 is 1.86 bits per heavy atom. The lowest BCUT2D eigenvalue weighted by atomic mass is 9.61. The molecule has 1 fully saturated rings. The molecule has 7 heteroatoms. The summed E-state index contributed by atoms with van der Waals surface area (Å²) in [4.78, 5) is 27.7. The smallest absolute Gasteiger partial charge is 0.242 e. The van der Waals surface area contributed by atoms with Crippen molar-refractivity contribution >= 4 is 17.6 Å². The van der Waals surface area contributed by atoms with Crippen LogP contribution in [0.1, 0.15) is 33.6 Å². The Kier molecular flexibility index (Phi) is 5.57. The summed E-state index contributed by atoms with van der Waals surface area (Å²) >= 11 is 0. The van der Waals surface area contributed by atoms with E-state index in [0.29, 0.717) is 31.8 Å². The number of amides is 2. The van der Waals surface area contributed by atoms with E-state index in [1.807, 2.05) is 20.8 Å². The molecule has 0 atom stereocenters. The summed E-state index contributed by atoms with van der Waals surface area (Å²) in [5.74, 6) is -0.0665. The molecule has 2 amide bonds. The molecule has 1 aliphatic carbocycles. The van der Waals surface area contributed by atoms with Crippen LogP contribution in [-0.2, 0) is 9.59 Å². The fraction of sp³-hybridized carbons (Fsp3) is 0.786. The summed E-state index contributed by atoms with van der Waals surface area (Å²) in [6, 6.07) is 0. The Morgan fingerprint density at radius 3 is 2.24 bits per heavy atom. The minimum atomic E-state index is -0.952. The van der Waals surface area contributed by atoms with Crippen LogP contribution in [0.15, 0.2) is 5.16 Å². The summed E-state index contributed by atoms with van der Waals surface area (Å²) < 4.78 is 0. The minimum absolute atomic E-state index is 0.00928. The molecular formula is C14H26N4O3. The number of amidine groups is 1. The van der Waals surface area contributed by atoms with Crippen molar-refractivity contribution < 1.29 is 14.8 Å². The number of likely N-dealkylation sites (N-methyl/N-ethyl adjacent to an activating group) is 2. The first kappa shape index (κ1) is 17.3. The summed E-state index contributed by atoms with van der Waals surface area (Å²) in [6.45, 7) is 7.04.